The number of hydrogen-bond acceptors (Lipinski definition) is 3. The summed E-state index contributed by atoms with van der Waals surface area (Å²) < 4.78 is 21.3. The minimum atomic E-state index is -2.86. The van der Waals surface area contributed by atoms with Gasteiger partial charge in [-0.3, -0.25) is 4.72 Å². The Morgan fingerprint density at radius 2 is 2.23 bits per heavy atom. The minimum Gasteiger partial charge on any atom is -0.330 e. The second kappa shape index (κ2) is 3.02. The molecule has 5 nitrogen and oxygen atoms in total. The van der Waals surface area contributed by atoms with Crippen LogP contribution in [-0.4, -0.2) is 18.9 Å². The zero-order valence-electron chi connectivity index (χ0n) is 7.92. The molecule has 0 aromatic carbocycles. The molecule has 1 aromatic heterocycles. The van der Waals surface area contributed by atoms with Crippen molar-refractivity contribution in [2.75, 3.05) is 4.72 Å². The second-order valence-electron chi connectivity index (χ2n) is 3.71. The molecular formula is C7H14N4OS. The van der Waals surface area contributed by atoms with E-state index in [2.05, 4.69) is 14.7 Å². The Hall–Kier alpha value is -1.04. The molecule has 0 saturated heterocycles. The highest BCUT2D eigenvalue weighted by atomic mass is 32.2. The van der Waals surface area contributed by atoms with Crippen molar-refractivity contribution >= 4 is 15.9 Å². The number of H-pyrrole nitrogens is 1. The van der Waals surface area contributed by atoms with Crippen molar-refractivity contribution in [3.63, 3.8) is 0 Å². The summed E-state index contributed by atoms with van der Waals surface area (Å²) in [5.41, 5.74) is 0. The number of nitrogens with zero attached hydrogens (tertiary/aromatic N) is 1. The van der Waals surface area contributed by atoms with Crippen LogP contribution in [-0.2, 0) is 9.92 Å². The van der Waals surface area contributed by atoms with Crippen molar-refractivity contribution < 1.29 is 4.21 Å². The summed E-state index contributed by atoms with van der Waals surface area (Å²) in [6.07, 6.45) is 3.15. The average molecular weight is 202 g/mol. The van der Waals surface area contributed by atoms with E-state index in [-0.39, 0.29) is 0 Å². The summed E-state index contributed by atoms with van der Waals surface area (Å²) in [5, 5.41) is 0. The van der Waals surface area contributed by atoms with Gasteiger partial charge in [0.05, 0.1) is 4.75 Å². The molecule has 3 N–H and O–H groups in total. The maximum absolute atomic E-state index is 11.8. The molecule has 0 fully saturated rings. The summed E-state index contributed by atoms with van der Waals surface area (Å²) in [6, 6.07) is 0. The van der Waals surface area contributed by atoms with Crippen LogP contribution in [0.25, 0.3) is 0 Å². The van der Waals surface area contributed by atoms with E-state index >= 15 is 0 Å². The summed E-state index contributed by atoms with van der Waals surface area (Å²) in [6.45, 7) is 5.24. The van der Waals surface area contributed by atoms with Crippen LogP contribution in [0.4, 0.5) is 5.95 Å². The lowest BCUT2D eigenvalue weighted by Crippen LogP contribution is -2.32. The summed E-state index contributed by atoms with van der Waals surface area (Å²) in [5.74, 6) is 0.370. The molecule has 0 amide bonds. The van der Waals surface area contributed by atoms with E-state index in [1.165, 1.54) is 0 Å². The maximum Gasteiger partial charge on any atom is 0.212 e. The van der Waals surface area contributed by atoms with Gasteiger partial charge in [-0.15, -0.1) is 0 Å². The number of rotatable bonds is 2. The van der Waals surface area contributed by atoms with Gasteiger partial charge in [-0.2, -0.15) is 0 Å². The van der Waals surface area contributed by atoms with Crippen molar-refractivity contribution in [3.05, 3.63) is 12.4 Å². The Bertz CT molecular complexity index is 360. The number of anilines is 1. The molecule has 74 valence electrons. The lowest BCUT2D eigenvalue weighted by atomic mass is 10.3. The normalized spacial score (nSPS) is 16.5. The van der Waals surface area contributed by atoms with Crippen LogP contribution < -0.4 is 4.72 Å². The number of aromatic amines is 1. The van der Waals surface area contributed by atoms with E-state index < -0.39 is 14.7 Å². The monoisotopic (exact) mass is 202 g/mol. The van der Waals surface area contributed by atoms with Crippen LogP contribution in [0, 0.1) is 4.78 Å². The molecule has 1 atom stereocenters. The zero-order valence-corrected chi connectivity index (χ0v) is 8.73. The Kier molecular flexibility index (Phi) is 2.34. The van der Waals surface area contributed by atoms with E-state index in [1.54, 1.807) is 33.2 Å². The Morgan fingerprint density at radius 3 is 2.62 bits per heavy atom. The van der Waals surface area contributed by atoms with Gasteiger partial charge >= 0.3 is 0 Å². The summed E-state index contributed by atoms with van der Waals surface area (Å²) in [4.78, 5) is 6.59. The second-order valence-corrected chi connectivity index (χ2v) is 6.25. The van der Waals surface area contributed by atoms with Crippen molar-refractivity contribution in [3.8, 4) is 0 Å². The van der Waals surface area contributed by atoms with Crippen LogP contribution in [0.15, 0.2) is 12.4 Å². The number of imidazole rings is 1. The van der Waals surface area contributed by atoms with Crippen LogP contribution in [0.1, 0.15) is 20.8 Å². The summed E-state index contributed by atoms with van der Waals surface area (Å²) in [7, 11) is -2.86. The summed E-state index contributed by atoms with van der Waals surface area (Å²) >= 11 is 0. The van der Waals surface area contributed by atoms with Crippen LogP contribution in [0.2, 0.25) is 0 Å². The van der Waals surface area contributed by atoms with Gasteiger partial charge in [-0.05, 0) is 20.8 Å². The highest BCUT2D eigenvalue weighted by Crippen LogP contribution is 2.17. The number of nitrogens with one attached hydrogen (secondary N) is 3. The molecule has 0 aliphatic heterocycles. The topological polar surface area (TPSA) is 81.6 Å². The first kappa shape index (κ1) is 10.0. The number of hydrogen-bond donors (Lipinski definition) is 3. The lowest BCUT2D eigenvalue weighted by molar-refractivity contribution is 0.642. The van der Waals surface area contributed by atoms with Crippen LogP contribution in [0.3, 0.4) is 0 Å². The van der Waals surface area contributed by atoms with Crippen molar-refractivity contribution in [1.29, 1.82) is 4.78 Å². The smallest absolute Gasteiger partial charge is 0.212 e. The fourth-order valence-electron chi connectivity index (χ4n) is 0.610. The largest absolute Gasteiger partial charge is 0.330 e. The first-order chi connectivity index (χ1) is 5.83. The van der Waals surface area contributed by atoms with E-state index in [9.17, 15) is 4.21 Å². The average Bonchev–Trinajstić information content (AvgIpc) is 2.35. The van der Waals surface area contributed by atoms with Crippen molar-refractivity contribution in [2.24, 2.45) is 0 Å². The zero-order chi connectivity index (χ0) is 10.1. The third-order valence-electron chi connectivity index (χ3n) is 1.60. The van der Waals surface area contributed by atoms with Gasteiger partial charge in [-0.25, -0.2) is 14.0 Å². The van der Waals surface area contributed by atoms with Gasteiger partial charge in [0.15, 0.2) is 0 Å². The van der Waals surface area contributed by atoms with E-state index in [0.717, 1.165) is 0 Å². The molecule has 0 aliphatic carbocycles. The van der Waals surface area contributed by atoms with Crippen molar-refractivity contribution in [1.82, 2.24) is 9.97 Å². The quantitative estimate of drug-likeness (QED) is 0.680. The van der Waals surface area contributed by atoms with Gasteiger partial charge in [0.1, 0.15) is 9.92 Å². The molecule has 0 bridgehead atoms. The predicted molar refractivity (Wildman–Crippen MR) is 52.8 cm³/mol. The third-order valence-corrected chi connectivity index (χ3v) is 3.81. The molecular weight excluding hydrogens is 188 g/mol. The van der Waals surface area contributed by atoms with Gasteiger partial charge in [-0.1, -0.05) is 0 Å². The predicted octanol–water partition coefficient (Wildman–Crippen LogP) is 1.58. The molecule has 0 radical (unpaired) electrons. The lowest BCUT2D eigenvalue weighted by Gasteiger charge is -2.22. The molecule has 0 saturated carbocycles. The fraction of sp³-hybridized carbons (Fsp3) is 0.571. The van der Waals surface area contributed by atoms with Gasteiger partial charge in [0.2, 0.25) is 5.95 Å². The molecule has 0 aliphatic rings. The van der Waals surface area contributed by atoms with Gasteiger partial charge < -0.3 is 4.98 Å². The molecule has 13 heavy (non-hydrogen) atoms. The third kappa shape index (κ3) is 2.21. The molecule has 6 heteroatoms. The minimum absolute atomic E-state index is 0.370. The van der Waals surface area contributed by atoms with E-state index in [0.29, 0.717) is 5.95 Å². The molecule has 1 unspecified atom stereocenters. The molecule has 1 aromatic rings. The molecule has 1 rings (SSSR count). The molecule has 0 spiro atoms. The Morgan fingerprint density at radius 1 is 1.62 bits per heavy atom. The van der Waals surface area contributed by atoms with E-state index in [1.807, 2.05) is 0 Å². The van der Waals surface area contributed by atoms with E-state index in [4.69, 9.17) is 4.78 Å². The standard InChI is InChI=1S/C7H14N4OS/c1-7(2,3)13(8,12)11-6-9-4-5-10-6/h4-5H,1-3H3,(H3,8,9,10,11,12). The SMILES string of the molecule is CC(C)(C)S(=N)(=O)Nc1ncc[nH]1. The highest BCUT2D eigenvalue weighted by Gasteiger charge is 2.25. The first-order valence-corrected chi connectivity index (χ1v) is 5.44. The highest BCUT2D eigenvalue weighted by molar-refractivity contribution is 7.95. The Balaban J connectivity index is 2.87. The van der Waals surface area contributed by atoms with Gasteiger partial charge in [0, 0.05) is 12.4 Å². The molecule has 1 heterocycles. The Labute approximate surface area is 78.1 Å². The number of aromatic nitrogens is 2. The fourth-order valence-corrected chi connectivity index (χ4v) is 1.30. The maximum atomic E-state index is 11.8. The first-order valence-electron chi connectivity index (χ1n) is 3.88. The van der Waals surface area contributed by atoms with Gasteiger partial charge in [0.25, 0.3) is 0 Å². The van der Waals surface area contributed by atoms with Crippen molar-refractivity contribution in [2.45, 2.75) is 25.5 Å². The van der Waals surface area contributed by atoms with Crippen LogP contribution in [0.5, 0.6) is 0 Å². The van der Waals surface area contributed by atoms with Crippen LogP contribution >= 0.6 is 0 Å².